The predicted molar refractivity (Wildman–Crippen MR) is 135 cm³/mol. The third kappa shape index (κ3) is 4.31. The molecule has 5 rings (SSSR count). The Labute approximate surface area is 196 Å². The molecule has 1 saturated heterocycles. The number of rotatable bonds is 6. The summed E-state index contributed by atoms with van der Waals surface area (Å²) in [5.41, 5.74) is 12.4. The Kier molecular flexibility index (Phi) is 6.51. The standard InChI is InChI=1S/C25H36N6S/c1-3-19-7-4-5-8-21(19)30-15-13-29(14-16-30)10-6-11-31-18-27-25-23(24(31)26)20-9-12-28(2)17-22(20)32-25/h4-5,7-8,18,24H,3,6,9-17,26H2,1-2H3. The fourth-order valence-electron chi connectivity index (χ4n) is 5.31. The third-order valence-electron chi connectivity index (χ3n) is 7.22. The van der Waals surface area contributed by atoms with Crippen LogP contribution < -0.4 is 10.6 Å². The molecule has 0 amide bonds. The van der Waals surface area contributed by atoms with Gasteiger partial charge in [0.05, 0.1) is 6.34 Å². The van der Waals surface area contributed by atoms with Crippen LogP contribution in [0.15, 0.2) is 29.3 Å². The molecule has 0 saturated carbocycles. The Morgan fingerprint density at radius 1 is 1.09 bits per heavy atom. The first-order chi connectivity index (χ1) is 15.6. The lowest BCUT2D eigenvalue weighted by Crippen LogP contribution is -2.47. The molecule has 1 atom stereocenters. The first kappa shape index (κ1) is 21.9. The van der Waals surface area contributed by atoms with Crippen LogP contribution in [0.25, 0.3) is 0 Å². The smallest absolute Gasteiger partial charge is 0.124 e. The van der Waals surface area contributed by atoms with Gasteiger partial charge in [-0.2, -0.15) is 0 Å². The zero-order chi connectivity index (χ0) is 22.1. The maximum atomic E-state index is 6.73. The summed E-state index contributed by atoms with van der Waals surface area (Å²) in [6, 6.07) is 8.86. The van der Waals surface area contributed by atoms with Gasteiger partial charge in [-0.1, -0.05) is 25.1 Å². The minimum absolute atomic E-state index is 0.0479. The number of anilines is 1. The zero-order valence-electron chi connectivity index (χ0n) is 19.5. The molecule has 0 bridgehead atoms. The van der Waals surface area contributed by atoms with E-state index in [4.69, 9.17) is 10.7 Å². The summed E-state index contributed by atoms with van der Waals surface area (Å²) in [7, 11) is 2.19. The van der Waals surface area contributed by atoms with Crippen LogP contribution in [0, 0.1) is 0 Å². The van der Waals surface area contributed by atoms with E-state index in [1.807, 2.05) is 17.7 Å². The van der Waals surface area contributed by atoms with Crippen LogP contribution in [0.3, 0.4) is 0 Å². The average molecular weight is 453 g/mol. The van der Waals surface area contributed by atoms with Crippen molar-refractivity contribution in [3.05, 3.63) is 45.8 Å². The highest BCUT2D eigenvalue weighted by Gasteiger charge is 2.30. The Balaban J connectivity index is 1.12. The maximum absolute atomic E-state index is 6.73. The topological polar surface area (TPSA) is 51.3 Å². The van der Waals surface area contributed by atoms with E-state index >= 15 is 0 Å². The van der Waals surface area contributed by atoms with Crippen molar-refractivity contribution in [3.8, 4) is 0 Å². The fourth-order valence-corrected chi connectivity index (χ4v) is 6.62. The van der Waals surface area contributed by atoms with Crippen molar-refractivity contribution >= 4 is 28.4 Å². The Morgan fingerprint density at radius 2 is 1.91 bits per heavy atom. The number of fused-ring (bicyclic) bond motifs is 3. The molecule has 3 aliphatic heterocycles. The minimum Gasteiger partial charge on any atom is -0.369 e. The van der Waals surface area contributed by atoms with E-state index < -0.39 is 0 Å². The van der Waals surface area contributed by atoms with E-state index in [2.05, 4.69) is 57.8 Å². The quantitative estimate of drug-likeness (QED) is 0.728. The van der Waals surface area contributed by atoms with Crippen LogP contribution in [0.4, 0.5) is 10.7 Å². The summed E-state index contributed by atoms with van der Waals surface area (Å²) in [5, 5.41) is 1.14. The molecule has 3 aliphatic rings. The van der Waals surface area contributed by atoms with Gasteiger partial charge in [0.1, 0.15) is 11.2 Å². The molecule has 1 aromatic heterocycles. The second kappa shape index (κ2) is 9.51. The number of thiophene rings is 1. The lowest BCUT2D eigenvalue weighted by molar-refractivity contribution is 0.234. The normalized spacial score (nSPS) is 21.7. The molecule has 32 heavy (non-hydrogen) atoms. The molecular weight excluding hydrogens is 416 g/mol. The first-order valence-corrected chi connectivity index (χ1v) is 12.9. The Hall–Kier alpha value is -1.93. The van der Waals surface area contributed by atoms with Gasteiger partial charge in [-0.3, -0.25) is 4.90 Å². The number of likely N-dealkylation sites (N-methyl/N-ethyl adjacent to an activating group) is 1. The van der Waals surface area contributed by atoms with Gasteiger partial charge < -0.3 is 20.4 Å². The van der Waals surface area contributed by atoms with Crippen LogP contribution >= 0.6 is 11.3 Å². The number of hydrogen-bond donors (Lipinski definition) is 1. The average Bonchev–Trinajstić information content (AvgIpc) is 3.19. The number of nitrogens with zero attached hydrogens (tertiary/aromatic N) is 5. The molecule has 4 heterocycles. The van der Waals surface area contributed by atoms with Crippen molar-refractivity contribution < 1.29 is 0 Å². The van der Waals surface area contributed by atoms with Crippen molar-refractivity contribution in [1.82, 2.24) is 14.7 Å². The van der Waals surface area contributed by atoms with Crippen molar-refractivity contribution in [2.75, 3.05) is 57.8 Å². The molecule has 6 nitrogen and oxygen atoms in total. The number of hydrogen-bond acceptors (Lipinski definition) is 7. The van der Waals surface area contributed by atoms with Gasteiger partial charge in [0.15, 0.2) is 0 Å². The van der Waals surface area contributed by atoms with Gasteiger partial charge >= 0.3 is 0 Å². The largest absolute Gasteiger partial charge is 0.369 e. The summed E-state index contributed by atoms with van der Waals surface area (Å²) < 4.78 is 0. The number of aryl methyl sites for hydroxylation is 1. The van der Waals surface area contributed by atoms with E-state index in [9.17, 15) is 0 Å². The number of aliphatic imine (C=N–C) groups is 1. The lowest BCUT2D eigenvalue weighted by atomic mass is 10.00. The fraction of sp³-hybridized carbons (Fsp3) is 0.560. The Morgan fingerprint density at radius 3 is 2.72 bits per heavy atom. The lowest BCUT2D eigenvalue weighted by Gasteiger charge is -2.37. The van der Waals surface area contributed by atoms with Crippen LogP contribution in [-0.4, -0.2) is 73.9 Å². The van der Waals surface area contributed by atoms with Crippen LogP contribution in [-0.2, 0) is 19.4 Å². The molecule has 7 heteroatoms. The SMILES string of the molecule is CCc1ccccc1N1CCN(CCCN2C=Nc3sc4c(c3C2N)CCN(C)C4)CC1. The number of para-hydroxylation sites is 1. The summed E-state index contributed by atoms with van der Waals surface area (Å²) in [6.45, 7) is 11.0. The van der Waals surface area contributed by atoms with Gasteiger partial charge in [0, 0.05) is 61.9 Å². The monoisotopic (exact) mass is 452 g/mol. The van der Waals surface area contributed by atoms with Gasteiger partial charge in [0.2, 0.25) is 0 Å². The predicted octanol–water partition coefficient (Wildman–Crippen LogP) is 3.44. The molecule has 0 aliphatic carbocycles. The number of benzene rings is 1. The summed E-state index contributed by atoms with van der Waals surface area (Å²) in [6.07, 6.45) is 5.25. The molecule has 172 valence electrons. The van der Waals surface area contributed by atoms with Gasteiger partial charge in [0.25, 0.3) is 0 Å². The highest BCUT2D eigenvalue weighted by atomic mass is 32.1. The van der Waals surface area contributed by atoms with Crippen molar-refractivity contribution in [2.24, 2.45) is 10.7 Å². The molecule has 2 aromatic rings. The van der Waals surface area contributed by atoms with Crippen molar-refractivity contribution in [2.45, 2.75) is 38.9 Å². The summed E-state index contributed by atoms with van der Waals surface area (Å²) in [5.74, 6) is 0. The van der Waals surface area contributed by atoms with Gasteiger partial charge in [-0.25, -0.2) is 4.99 Å². The third-order valence-corrected chi connectivity index (χ3v) is 8.36. The number of nitrogens with two attached hydrogens (primary N) is 1. The van der Waals surface area contributed by atoms with Crippen LogP contribution in [0.1, 0.15) is 41.1 Å². The summed E-state index contributed by atoms with van der Waals surface area (Å²) >= 11 is 1.84. The highest BCUT2D eigenvalue weighted by molar-refractivity contribution is 7.16. The molecule has 1 unspecified atom stereocenters. The minimum atomic E-state index is -0.0479. The Bertz CT molecular complexity index is 961. The van der Waals surface area contributed by atoms with E-state index in [1.54, 1.807) is 0 Å². The zero-order valence-corrected chi connectivity index (χ0v) is 20.3. The second-order valence-electron chi connectivity index (χ2n) is 9.30. The van der Waals surface area contributed by atoms with E-state index in [-0.39, 0.29) is 6.17 Å². The molecule has 0 spiro atoms. The molecule has 1 aromatic carbocycles. The first-order valence-electron chi connectivity index (χ1n) is 12.1. The molecule has 2 N–H and O–H groups in total. The van der Waals surface area contributed by atoms with Crippen molar-refractivity contribution in [1.29, 1.82) is 0 Å². The van der Waals surface area contributed by atoms with E-state index in [1.165, 1.54) is 27.3 Å². The van der Waals surface area contributed by atoms with Gasteiger partial charge in [-0.15, -0.1) is 11.3 Å². The molecule has 0 radical (unpaired) electrons. The van der Waals surface area contributed by atoms with E-state index in [0.717, 1.165) is 76.6 Å². The second-order valence-corrected chi connectivity index (χ2v) is 10.4. The molecular formula is C25H36N6S. The summed E-state index contributed by atoms with van der Waals surface area (Å²) in [4.78, 5) is 16.0. The van der Waals surface area contributed by atoms with E-state index in [0.29, 0.717) is 0 Å². The highest BCUT2D eigenvalue weighted by Crippen LogP contribution is 2.43. The maximum Gasteiger partial charge on any atom is 0.124 e. The van der Waals surface area contributed by atoms with Gasteiger partial charge in [-0.05, 0) is 50.0 Å². The van der Waals surface area contributed by atoms with Crippen LogP contribution in [0.2, 0.25) is 0 Å². The van der Waals surface area contributed by atoms with Crippen LogP contribution in [0.5, 0.6) is 0 Å². The molecule has 1 fully saturated rings. The number of piperazine rings is 1. The van der Waals surface area contributed by atoms with Crippen molar-refractivity contribution in [3.63, 3.8) is 0 Å².